The molecule has 118 valence electrons. The summed E-state index contributed by atoms with van der Waals surface area (Å²) < 4.78 is 14.6. The first-order chi connectivity index (χ1) is 11.7. The monoisotopic (exact) mass is 320 g/mol. The van der Waals surface area contributed by atoms with Gasteiger partial charge < -0.3 is 0 Å². The van der Waals surface area contributed by atoms with Gasteiger partial charge in [-0.3, -0.25) is 5.43 Å². The third-order valence-electron chi connectivity index (χ3n) is 3.75. The first-order valence-corrected chi connectivity index (χ1v) is 7.37. The van der Waals surface area contributed by atoms with Crippen molar-refractivity contribution in [2.75, 3.05) is 5.43 Å². The number of rotatable bonds is 3. The van der Waals surface area contributed by atoms with Gasteiger partial charge in [-0.1, -0.05) is 36.4 Å². The van der Waals surface area contributed by atoms with E-state index in [2.05, 4.69) is 25.8 Å². The summed E-state index contributed by atoms with van der Waals surface area (Å²) in [5, 5.41) is 18.6. The smallest absolute Gasteiger partial charge is 0.185 e. The average Bonchev–Trinajstić information content (AvgIpc) is 3.08. The first-order valence-electron chi connectivity index (χ1n) is 7.37. The van der Waals surface area contributed by atoms with E-state index in [0.717, 1.165) is 22.0 Å². The zero-order valence-electron chi connectivity index (χ0n) is 12.8. The van der Waals surface area contributed by atoms with Crippen LogP contribution in [0.15, 0.2) is 60.0 Å². The van der Waals surface area contributed by atoms with Crippen molar-refractivity contribution < 1.29 is 4.39 Å². The fraction of sp³-hybridized carbons (Fsp3) is 0.0588. The quantitative estimate of drug-likeness (QED) is 0.465. The minimum atomic E-state index is -0.273. The van der Waals surface area contributed by atoms with Gasteiger partial charge in [0.05, 0.1) is 5.71 Å². The molecule has 6 nitrogen and oxygen atoms in total. The van der Waals surface area contributed by atoms with Crippen molar-refractivity contribution in [2.45, 2.75) is 6.92 Å². The lowest BCUT2D eigenvalue weighted by Crippen LogP contribution is -2.04. The normalized spacial score (nSPS) is 12.0. The minimum Gasteiger partial charge on any atom is -0.259 e. The molecule has 0 radical (unpaired) electrons. The van der Waals surface area contributed by atoms with E-state index < -0.39 is 0 Å². The van der Waals surface area contributed by atoms with Gasteiger partial charge in [-0.2, -0.15) is 9.62 Å². The Hall–Kier alpha value is -3.35. The molecule has 0 aliphatic carbocycles. The summed E-state index contributed by atoms with van der Waals surface area (Å²) in [4.78, 5) is 0. The molecule has 0 aliphatic heterocycles. The van der Waals surface area contributed by atoms with E-state index in [1.165, 1.54) is 12.1 Å². The van der Waals surface area contributed by atoms with Crippen LogP contribution in [0.2, 0.25) is 0 Å². The van der Waals surface area contributed by atoms with Gasteiger partial charge in [0.1, 0.15) is 12.1 Å². The highest BCUT2D eigenvalue weighted by molar-refractivity contribution is 6.01. The molecule has 4 aromatic rings. The molecule has 2 aromatic carbocycles. The first kappa shape index (κ1) is 14.3. The second-order valence-electron chi connectivity index (χ2n) is 5.31. The summed E-state index contributed by atoms with van der Waals surface area (Å²) in [5.74, 6) is 0.324. The molecule has 0 aliphatic rings. The number of fused-ring (bicyclic) bond motifs is 3. The maximum absolute atomic E-state index is 13.0. The molecule has 0 amide bonds. The van der Waals surface area contributed by atoms with Crippen molar-refractivity contribution in [1.29, 1.82) is 0 Å². The molecular formula is C17H13FN6. The summed E-state index contributed by atoms with van der Waals surface area (Å²) >= 11 is 0. The van der Waals surface area contributed by atoms with Gasteiger partial charge in [-0.15, -0.1) is 15.3 Å². The Morgan fingerprint density at radius 2 is 1.83 bits per heavy atom. The number of hydrogen-bond acceptors (Lipinski definition) is 5. The second-order valence-corrected chi connectivity index (χ2v) is 5.31. The molecule has 2 heterocycles. The van der Waals surface area contributed by atoms with Crippen molar-refractivity contribution >= 4 is 27.9 Å². The van der Waals surface area contributed by atoms with Crippen LogP contribution < -0.4 is 5.43 Å². The third kappa shape index (κ3) is 2.45. The number of benzene rings is 2. The molecule has 0 unspecified atom stereocenters. The summed E-state index contributed by atoms with van der Waals surface area (Å²) in [6, 6.07) is 14.0. The molecule has 0 fully saturated rings. The summed E-state index contributed by atoms with van der Waals surface area (Å²) in [6.07, 6.45) is 1.55. The van der Waals surface area contributed by atoms with Gasteiger partial charge in [-0.05, 0) is 24.6 Å². The molecule has 7 heteroatoms. The molecule has 0 atom stereocenters. The lowest BCUT2D eigenvalue weighted by molar-refractivity contribution is 0.628. The lowest BCUT2D eigenvalue weighted by Gasteiger charge is -2.07. The van der Waals surface area contributed by atoms with Crippen LogP contribution in [0.25, 0.3) is 16.4 Å². The summed E-state index contributed by atoms with van der Waals surface area (Å²) in [6.45, 7) is 1.85. The maximum atomic E-state index is 13.0. The second kappa shape index (κ2) is 5.69. The van der Waals surface area contributed by atoms with Crippen LogP contribution in [0.4, 0.5) is 10.2 Å². The molecule has 0 saturated heterocycles. The van der Waals surface area contributed by atoms with Crippen LogP contribution in [0.3, 0.4) is 0 Å². The minimum absolute atomic E-state index is 0.273. The molecule has 1 N–H and O–H groups in total. The van der Waals surface area contributed by atoms with E-state index in [1.54, 1.807) is 23.0 Å². The Morgan fingerprint density at radius 1 is 1.08 bits per heavy atom. The predicted molar refractivity (Wildman–Crippen MR) is 90.5 cm³/mol. The Balaban J connectivity index is 1.75. The molecule has 0 spiro atoms. The highest BCUT2D eigenvalue weighted by atomic mass is 19.1. The van der Waals surface area contributed by atoms with Crippen LogP contribution in [0.5, 0.6) is 0 Å². The van der Waals surface area contributed by atoms with E-state index in [4.69, 9.17) is 0 Å². The number of hydrogen-bond donors (Lipinski definition) is 1. The number of nitrogens with zero attached hydrogens (tertiary/aromatic N) is 5. The van der Waals surface area contributed by atoms with Gasteiger partial charge >= 0.3 is 0 Å². The van der Waals surface area contributed by atoms with E-state index in [-0.39, 0.29) is 5.82 Å². The van der Waals surface area contributed by atoms with Crippen molar-refractivity contribution in [2.24, 2.45) is 5.10 Å². The molecular weight excluding hydrogens is 307 g/mol. The zero-order valence-corrected chi connectivity index (χ0v) is 12.8. The number of halogens is 1. The van der Waals surface area contributed by atoms with Gasteiger partial charge in [0.15, 0.2) is 11.5 Å². The predicted octanol–water partition coefficient (Wildman–Crippen LogP) is 3.25. The average molecular weight is 320 g/mol. The van der Waals surface area contributed by atoms with Crippen molar-refractivity contribution in [3.63, 3.8) is 0 Å². The number of anilines is 1. The highest BCUT2D eigenvalue weighted by Gasteiger charge is 2.09. The topological polar surface area (TPSA) is 67.5 Å². The largest absolute Gasteiger partial charge is 0.259 e. The SMILES string of the molecule is C/C(=N\Nc1nn2cnnc2c2ccccc12)c1ccc(F)cc1. The van der Waals surface area contributed by atoms with E-state index >= 15 is 0 Å². The van der Waals surface area contributed by atoms with Gasteiger partial charge in [0.2, 0.25) is 0 Å². The highest BCUT2D eigenvalue weighted by Crippen LogP contribution is 2.23. The van der Waals surface area contributed by atoms with Gasteiger partial charge in [0, 0.05) is 10.8 Å². The Bertz CT molecular complexity index is 1050. The third-order valence-corrected chi connectivity index (χ3v) is 3.75. The van der Waals surface area contributed by atoms with Crippen molar-refractivity contribution in [3.05, 3.63) is 66.2 Å². The standard InChI is InChI=1S/C17H13FN6/c1-11(12-6-8-13(18)9-7-12)20-21-16-14-4-2-3-5-15(14)17-22-19-10-24(17)23-16/h2-10H,1H3,(H,21,23)/b20-11+. The van der Waals surface area contributed by atoms with Gasteiger partial charge in [0.25, 0.3) is 0 Å². The van der Waals surface area contributed by atoms with E-state index in [1.807, 2.05) is 31.2 Å². The molecule has 4 rings (SSSR count). The van der Waals surface area contributed by atoms with Crippen LogP contribution in [-0.2, 0) is 0 Å². The summed E-state index contributed by atoms with van der Waals surface area (Å²) in [7, 11) is 0. The van der Waals surface area contributed by atoms with Crippen molar-refractivity contribution in [1.82, 2.24) is 19.8 Å². The molecule has 24 heavy (non-hydrogen) atoms. The fourth-order valence-electron chi connectivity index (χ4n) is 2.50. The fourth-order valence-corrected chi connectivity index (χ4v) is 2.50. The van der Waals surface area contributed by atoms with E-state index in [9.17, 15) is 4.39 Å². The molecule has 0 bridgehead atoms. The lowest BCUT2D eigenvalue weighted by atomic mass is 10.1. The Morgan fingerprint density at radius 3 is 2.62 bits per heavy atom. The van der Waals surface area contributed by atoms with E-state index in [0.29, 0.717) is 11.5 Å². The number of aromatic nitrogens is 4. The molecule has 0 saturated carbocycles. The number of hydrazone groups is 1. The Kier molecular flexibility index (Phi) is 3.38. The molecule has 2 aromatic heterocycles. The Labute approximate surface area is 136 Å². The summed E-state index contributed by atoms with van der Waals surface area (Å²) in [5.41, 5.74) is 5.24. The van der Waals surface area contributed by atoms with Crippen molar-refractivity contribution in [3.8, 4) is 0 Å². The maximum Gasteiger partial charge on any atom is 0.185 e. The van der Waals surface area contributed by atoms with Crippen LogP contribution in [0, 0.1) is 5.82 Å². The van der Waals surface area contributed by atoms with Gasteiger partial charge in [-0.25, -0.2) is 4.39 Å². The van der Waals surface area contributed by atoms with Crippen LogP contribution in [-0.4, -0.2) is 25.5 Å². The van der Waals surface area contributed by atoms with Crippen LogP contribution in [0.1, 0.15) is 12.5 Å². The number of nitrogens with one attached hydrogen (secondary N) is 1. The zero-order chi connectivity index (χ0) is 16.5. The van der Waals surface area contributed by atoms with Crippen LogP contribution >= 0.6 is 0 Å².